The van der Waals surface area contributed by atoms with Crippen LogP contribution in [0.4, 0.5) is 4.39 Å². The first-order valence-electron chi connectivity index (χ1n) is 13.1. The number of amides is 2. The Morgan fingerprint density at radius 3 is 2.76 bits per heavy atom. The van der Waals surface area contributed by atoms with Crippen molar-refractivity contribution >= 4 is 29.1 Å². The lowest BCUT2D eigenvalue weighted by Crippen LogP contribution is -2.44. The van der Waals surface area contributed by atoms with Gasteiger partial charge in [0.2, 0.25) is 5.91 Å². The summed E-state index contributed by atoms with van der Waals surface area (Å²) in [6, 6.07) is -0.721. The number of carbonyl (C=O) groups is 3. The van der Waals surface area contributed by atoms with Crippen LogP contribution >= 0.6 is 11.3 Å². The standard InChI is InChI=1S/C28H38FN3O5S/c1-17(2)26-19(4)9-10-24(34)30-11-5-7-18(3)13-21(33)14-20(29)15-25-31-22(16-38-25)27(35)32-12-6-8-23(32)28(36)37-26/h5,7,9-10,13,16-17,19-21,23,26,33H,6,8,11-12,14-15H2,1-4H3,(H,30,34)/b7-5+,10-9+,18-13+. The fraction of sp³-hybridized carbons (Fsp3) is 0.571. The van der Waals surface area contributed by atoms with Gasteiger partial charge in [-0.2, -0.15) is 0 Å². The van der Waals surface area contributed by atoms with E-state index < -0.39 is 30.4 Å². The van der Waals surface area contributed by atoms with Crippen molar-refractivity contribution < 1.29 is 28.6 Å². The van der Waals surface area contributed by atoms with Gasteiger partial charge in [0.05, 0.1) is 11.1 Å². The Hall–Kier alpha value is -2.85. The topological polar surface area (TPSA) is 109 Å². The van der Waals surface area contributed by atoms with E-state index in [0.717, 1.165) is 5.57 Å². The van der Waals surface area contributed by atoms with Crippen molar-refractivity contribution in [2.24, 2.45) is 11.8 Å². The average Bonchev–Trinajstić information content (AvgIpc) is 3.52. The maximum absolute atomic E-state index is 14.7. The van der Waals surface area contributed by atoms with Crippen LogP contribution in [0, 0.1) is 11.8 Å². The molecule has 208 valence electrons. The summed E-state index contributed by atoms with van der Waals surface area (Å²) >= 11 is 1.19. The second-order valence-electron chi connectivity index (χ2n) is 10.3. The predicted molar refractivity (Wildman–Crippen MR) is 144 cm³/mol. The van der Waals surface area contributed by atoms with E-state index in [0.29, 0.717) is 24.4 Å². The molecule has 2 amide bonds. The van der Waals surface area contributed by atoms with E-state index in [9.17, 15) is 23.9 Å². The smallest absolute Gasteiger partial charge is 0.329 e. The van der Waals surface area contributed by atoms with Gasteiger partial charge in [0.15, 0.2) is 0 Å². The van der Waals surface area contributed by atoms with Gasteiger partial charge >= 0.3 is 5.97 Å². The van der Waals surface area contributed by atoms with Crippen LogP contribution in [0.5, 0.6) is 0 Å². The number of alkyl halides is 1. The Bertz CT molecular complexity index is 1080. The molecule has 1 saturated heterocycles. The number of fused-ring (bicyclic) bond motifs is 3. The molecule has 5 unspecified atom stereocenters. The fourth-order valence-electron chi connectivity index (χ4n) is 4.74. The molecule has 10 heteroatoms. The van der Waals surface area contributed by atoms with E-state index in [-0.39, 0.29) is 48.7 Å². The van der Waals surface area contributed by atoms with Gasteiger partial charge in [-0.25, -0.2) is 14.2 Å². The maximum atomic E-state index is 14.7. The number of aliphatic hydroxyl groups is 1. The molecule has 1 fully saturated rings. The minimum atomic E-state index is -1.34. The lowest BCUT2D eigenvalue weighted by atomic mass is 9.94. The number of cyclic esters (lactones) is 1. The van der Waals surface area contributed by atoms with Crippen LogP contribution in [0.25, 0.3) is 0 Å². The second kappa shape index (κ2) is 13.8. The summed E-state index contributed by atoms with van der Waals surface area (Å²) in [5, 5.41) is 15.1. The summed E-state index contributed by atoms with van der Waals surface area (Å²) in [6.07, 6.45) is 6.43. The van der Waals surface area contributed by atoms with Gasteiger partial charge in [-0.15, -0.1) is 11.3 Å². The molecule has 0 spiro atoms. The van der Waals surface area contributed by atoms with E-state index in [2.05, 4.69) is 10.3 Å². The molecule has 5 atom stereocenters. The fourth-order valence-corrected chi connectivity index (χ4v) is 5.57. The number of hydrogen-bond donors (Lipinski definition) is 2. The third-order valence-corrected chi connectivity index (χ3v) is 7.53. The molecule has 2 aliphatic heterocycles. The zero-order valence-electron chi connectivity index (χ0n) is 22.4. The van der Waals surface area contributed by atoms with Gasteiger partial charge in [0.1, 0.15) is 24.0 Å². The van der Waals surface area contributed by atoms with E-state index in [1.54, 1.807) is 36.6 Å². The van der Waals surface area contributed by atoms with Crippen molar-refractivity contribution in [3.05, 3.63) is 52.0 Å². The molecule has 1 aromatic rings. The van der Waals surface area contributed by atoms with Gasteiger partial charge in [0.25, 0.3) is 5.91 Å². The van der Waals surface area contributed by atoms with Crippen LogP contribution in [0.1, 0.15) is 62.5 Å². The third-order valence-electron chi connectivity index (χ3n) is 6.66. The molecular weight excluding hydrogens is 509 g/mol. The van der Waals surface area contributed by atoms with Gasteiger partial charge < -0.3 is 20.1 Å². The van der Waals surface area contributed by atoms with Crippen molar-refractivity contribution in [2.75, 3.05) is 13.1 Å². The van der Waals surface area contributed by atoms with Crippen LogP contribution in [0.15, 0.2) is 41.3 Å². The number of allylic oxidation sites excluding steroid dienone is 2. The van der Waals surface area contributed by atoms with Crippen LogP contribution in [-0.4, -0.2) is 70.3 Å². The van der Waals surface area contributed by atoms with Gasteiger partial charge in [0, 0.05) is 37.2 Å². The molecule has 8 nitrogen and oxygen atoms in total. The number of hydrogen-bond acceptors (Lipinski definition) is 7. The summed E-state index contributed by atoms with van der Waals surface area (Å²) in [7, 11) is 0. The molecule has 3 rings (SSSR count). The van der Waals surface area contributed by atoms with Gasteiger partial charge in [-0.1, -0.05) is 50.6 Å². The Balaban J connectivity index is 1.85. The number of esters is 1. The van der Waals surface area contributed by atoms with Crippen molar-refractivity contribution in [3.8, 4) is 0 Å². The van der Waals surface area contributed by atoms with Crippen molar-refractivity contribution in [2.45, 2.75) is 77.8 Å². The number of ether oxygens (including phenoxy) is 1. The number of aliphatic hydroxyl groups excluding tert-OH is 1. The highest BCUT2D eigenvalue weighted by Gasteiger charge is 2.38. The van der Waals surface area contributed by atoms with E-state index in [4.69, 9.17) is 4.74 Å². The summed E-state index contributed by atoms with van der Waals surface area (Å²) in [5.74, 6) is -1.38. The lowest BCUT2D eigenvalue weighted by Gasteiger charge is -2.29. The Morgan fingerprint density at radius 2 is 2.03 bits per heavy atom. The number of nitrogens with one attached hydrogen (secondary N) is 1. The molecule has 2 N–H and O–H groups in total. The minimum Gasteiger partial charge on any atom is -0.460 e. The normalized spacial score (nSPS) is 31.7. The lowest BCUT2D eigenvalue weighted by molar-refractivity contribution is -0.158. The SMILES string of the molecule is CC1=C\C(O)CC(F)Cc2nc(cs2)C(=O)N2CCCC2C(=O)OC(C(C)C)C(C)/C=C/C(=O)NC\C=C\1. The average molecular weight is 548 g/mol. The molecular formula is C28H38FN3O5S. The molecule has 0 saturated carbocycles. The monoisotopic (exact) mass is 547 g/mol. The maximum Gasteiger partial charge on any atom is 0.329 e. The molecule has 0 radical (unpaired) electrons. The quantitative estimate of drug-likeness (QED) is 0.518. The molecule has 2 aliphatic rings. The number of carbonyl (C=O) groups excluding carboxylic acids is 3. The van der Waals surface area contributed by atoms with Gasteiger partial charge in [-0.3, -0.25) is 9.59 Å². The summed E-state index contributed by atoms with van der Waals surface area (Å²) in [4.78, 5) is 44.5. The number of thiazole rings is 1. The van der Waals surface area contributed by atoms with E-state index in [1.165, 1.54) is 22.3 Å². The Kier molecular flexibility index (Phi) is 10.8. The van der Waals surface area contributed by atoms with E-state index >= 15 is 0 Å². The summed E-state index contributed by atoms with van der Waals surface area (Å²) in [6.45, 7) is 8.25. The number of aromatic nitrogens is 1. The predicted octanol–water partition coefficient (Wildman–Crippen LogP) is 3.77. The highest BCUT2D eigenvalue weighted by Crippen LogP contribution is 2.26. The van der Waals surface area contributed by atoms with Crippen LogP contribution < -0.4 is 5.32 Å². The minimum absolute atomic E-state index is 0.00974. The molecule has 0 aliphatic carbocycles. The van der Waals surface area contributed by atoms with Crippen molar-refractivity contribution in [1.29, 1.82) is 0 Å². The molecule has 1 aromatic heterocycles. The van der Waals surface area contributed by atoms with E-state index in [1.807, 2.05) is 20.8 Å². The highest BCUT2D eigenvalue weighted by atomic mass is 32.1. The number of halogens is 1. The summed E-state index contributed by atoms with van der Waals surface area (Å²) in [5.41, 5.74) is 0.921. The molecule has 0 aromatic carbocycles. The second-order valence-corrected chi connectivity index (χ2v) is 11.3. The van der Waals surface area contributed by atoms with Crippen LogP contribution in [0.2, 0.25) is 0 Å². The summed E-state index contributed by atoms with van der Waals surface area (Å²) < 4.78 is 20.6. The highest BCUT2D eigenvalue weighted by molar-refractivity contribution is 7.09. The largest absolute Gasteiger partial charge is 0.460 e. The Labute approximate surface area is 227 Å². The first kappa shape index (κ1) is 29.7. The van der Waals surface area contributed by atoms with Crippen molar-refractivity contribution in [1.82, 2.24) is 15.2 Å². The molecule has 2 bridgehead atoms. The third kappa shape index (κ3) is 8.33. The van der Waals surface area contributed by atoms with Crippen LogP contribution in [0.3, 0.4) is 0 Å². The number of rotatable bonds is 1. The Morgan fingerprint density at radius 1 is 1.26 bits per heavy atom. The first-order valence-corrected chi connectivity index (χ1v) is 14.0. The number of nitrogens with zero attached hydrogens (tertiary/aromatic N) is 2. The molecule has 3 heterocycles. The molecule has 38 heavy (non-hydrogen) atoms. The van der Waals surface area contributed by atoms with Crippen LogP contribution in [-0.2, 0) is 20.7 Å². The zero-order chi connectivity index (χ0) is 27.8. The van der Waals surface area contributed by atoms with Crippen molar-refractivity contribution in [3.63, 3.8) is 0 Å². The van der Waals surface area contributed by atoms with Gasteiger partial charge in [-0.05, 0) is 31.8 Å². The first-order chi connectivity index (χ1) is 18.0. The zero-order valence-corrected chi connectivity index (χ0v) is 23.2.